The average Bonchev–Trinajstić information content (AvgIpc) is 3.15. The van der Waals surface area contributed by atoms with Crippen LogP contribution in [0.4, 0.5) is 5.95 Å². The molecule has 1 saturated heterocycles. The summed E-state index contributed by atoms with van der Waals surface area (Å²) >= 11 is 0. The molecule has 0 saturated carbocycles. The number of hydrogen-bond donors (Lipinski definition) is 3. The molecule has 1 fully saturated rings. The standard InChI is InChI=1S/C10H16N5O12P3.3Li/c11-10-13-8-7(9(16)14-10)12-4-15(8)6-2-1-5(25-6)3-24-29(20,21)27-30(22,23)26-28(17,18)19;;;/h4-6H,1-3H2,(H,20,21)(H,22,23)(H2,17,18,19)(H3,11,13,14,16);;;/q;3*+1/p-3/t5-,6+;;;/m0.../s1. The average molecular weight is 509 g/mol. The maximum absolute atomic E-state index is 11.8. The summed E-state index contributed by atoms with van der Waals surface area (Å²) in [6.45, 7) is -0.686. The molecule has 0 radical (unpaired) electrons. The first kappa shape index (κ1) is 33.3. The Hall–Kier alpha value is 0.312. The van der Waals surface area contributed by atoms with Gasteiger partial charge in [0, 0.05) is 0 Å². The molecule has 2 aromatic heterocycles. The number of phosphoric ester groups is 1. The Morgan fingerprint density at radius 1 is 1.18 bits per heavy atom. The second-order valence-electron chi connectivity index (χ2n) is 5.89. The maximum atomic E-state index is 11.8. The monoisotopic (exact) mass is 509 g/mol. The number of nitrogens with zero attached hydrogens (tertiary/aromatic N) is 3. The van der Waals surface area contributed by atoms with E-state index in [4.69, 9.17) is 15.4 Å². The third-order valence-corrected chi connectivity index (χ3v) is 7.36. The summed E-state index contributed by atoms with van der Waals surface area (Å²) in [5.74, 6) is -0.147. The van der Waals surface area contributed by atoms with Gasteiger partial charge in [0.05, 0.1) is 19.0 Å². The Morgan fingerprint density at radius 2 is 1.82 bits per heavy atom. The number of H-pyrrole nitrogens is 1. The Labute approximate surface area is 221 Å². The minimum Gasteiger partial charge on any atom is -0.756 e. The molecule has 2 aromatic rings. The molecule has 1 aliphatic heterocycles. The number of nitrogen functional groups attached to an aromatic ring is 1. The zero-order valence-electron chi connectivity index (χ0n) is 17.6. The summed E-state index contributed by atoms with van der Waals surface area (Å²) < 4.78 is 51.2. The molecule has 0 spiro atoms. The van der Waals surface area contributed by atoms with E-state index in [-0.39, 0.29) is 80.1 Å². The van der Waals surface area contributed by atoms with Gasteiger partial charge in [-0.25, -0.2) is 13.6 Å². The van der Waals surface area contributed by atoms with Crippen molar-refractivity contribution >= 4 is 40.6 Å². The minimum atomic E-state index is -5.97. The van der Waals surface area contributed by atoms with Gasteiger partial charge >= 0.3 is 56.6 Å². The summed E-state index contributed by atoms with van der Waals surface area (Å²) in [6.07, 6.45) is 0.293. The number of nitrogens with one attached hydrogen (secondary N) is 1. The Balaban J connectivity index is 0.00000341. The molecule has 3 rings (SSSR count). The predicted molar refractivity (Wildman–Crippen MR) is 88.9 cm³/mol. The van der Waals surface area contributed by atoms with Gasteiger partial charge in [-0.3, -0.25) is 28.0 Å². The molecule has 33 heavy (non-hydrogen) atoms. The maximum Gasteiger partial charge on any atom is 1.00 e. The second kappa shape index (κ2) is 12.5. The Kier molecular flexibility index (Phi) is 12.6. The molecule has 23 heteroatoms. The second-order valence-corrected chi connectivity index (χ2v) is 10.2. The first-order valence-corrected chi connectivity index (χ1v) is 12.3. The van der Waals surface area contributed by atoms with E-state index in [0.29, 0.717) is 6.42 Å². The van der Waals surface area contributed by atoms with Crippen molar-refractivity contribution in [3.63, 3.8) is 0 Å². The van der Waals surface area contributed by atoms with Crippen LogP contribution in [0.1, 0.15) is 19.1 Å². The van der Waals surface area contributed by atoms with Crippen LogP contribution in [0.3, 0.4) is 0 Å². The summed E-state index contributed by atoms with van der Waals surface area (Å²) in [7, 11) is -17.4. The summed E-state index contributed by atoms with van der Waals surface area (Å²) in [5.41, 5.74) is 5.09. The van der Waals surface area contributed by atoms with Gasteiger partial charge < -0.3 is 34.6 Å². The Bertz CT molecular complexity index is 1160. The number of ether oxygens (including phenoxy) is 1. The van der Waals surface area contributed by atoms with E-state index in [2.05, 4.69) is 28.1 Å². The third kappa shape index (κ3) is 9.36. The van der Waals surface area contributed by atoms with Crippen LogP contribution in [-0.4, -0.2) is 37.1 Å². The number of aromatic amines is 1. The zero-order valence-corrected chi connectivity index (χ0v) is 20.2. The molecular weight excluding hydrogens is 496 g/mol. The molecule has 17 nitrogen and oxygen atoms in total. The smallest absolute Gasteiger partial charge is 0.756 e. The largest absolute Gasteiger partial charge is 1.00 e. The molecule has 1 aliphatic rings. The Morgan fingerprint density at radius 3 is 2.42 bits per heavy atom. The molecular formula is C10H13Li3N5O12P3. The minimum absolute atomic E-state index is 0. The van der Waals surface area contributed by atoms with Crippen LogP contribution in [0.5, 0.6) is 0 Å². The van der Waals surface area contributed by atoms with Crippen LogP contribution in [0, 0.1) is 0 Å². The van der Waals surface area contributed by atoms with Gasteiger partial charge in [-0.15, -0.1) is 0 Å². The van der Waals surface area contributed by atoms with E-state index in [9.17, 15) is 33.2 Å². The molecule has 168 valence electrons. The number of imidazole rings is 1. The van der Waals surface area contributed by atoms with Crippen molar-refractivity contribution in [2.45, 2.75) is 25.2 Å². The number of rotatable bonds is 8. The quantitative estimate of drug-likeness (QED) is 0.220. The number of hydrogen-bond acceptors (Lipinski definition) is 14. The van der Waals surface area contributed by atoms with E-state index >= 15 is 0 Å². The molecule has 0 bridgehead atoms. The molecule has 4 N–H and O–H groups in total. The van der Waals surface area contributed by atoms with Crippen molar-refractivity contribution < 1.29 is 108 Å². The summed E-state index contributed by atoms with van der Waals surface area (Å²) in [5, 5.41) is 0. The van der Waals surface area contributed by atoms with Crippen LogP contribution in [-0.2, 0) is 31.6 Å². The molecule has 0 aromatic carbocycles. The van der Waals surface area contributed by atoms with E-state index in [1.165, 1.54) is 10.9 Å². The first-order chi connectivity index (χ1) is 13.7. The van der Waals surface area contributed by atoms with Crippen molar-refractivity contribution in [1.29, 1.82) is 0 Å². The molecule has 0 aliphatic carbocycles. The number of phosphoric acid groups is 3. The van der Waals surface area contributed by atoms with Gasteiger partial charge in [-0.2, -0.15) is 4.98 Å². The third-order valence-electron chi connectivity index (χ3n) is 3.67. The zero-order chi connectivity index (χ0) is 22.3. The fraction of sp³-hybridized carbons (Fsp3) is 0.500. The van der Waals surface area contributed by atoms with Gasteiger partial charge in [0.15, 0.2) is 11.2 Å². The van der Waals surface area contributed by atoms with Crippen LogP contribution in [0.2, 0.25) is 0 Å². The van der Waals surface area contributed by atoms with Gasteiger partial charge in [0.2, 0.25) is 5.95 Å². The number of nitrogens with two attached hydrogens (primary N) is 1. The van der Waals surface area contributed by atoms with Crippen LogP contribution in [0.15, 0.2) is 11.1 Å². The van der Waals surface area contributed by atoms with Crippen LogP contribution >= 0.6 is 23.5 Å². The molecule has 0 amide bonds. The van der Waals surface area contributed by atoms with Gasteiger partial charge in [0.1, 0.15) is 6.23 Å². The van der Waals surface area contributed by atoms with Crippen LogP contribution < -0.4 is 82.6 Å². The first-order valence-electron chi connectivity index (χ1n) is 7.85. The number of aromatic nitrogens is 4. The molecule has 5 atom stereocenters. The number of fused-ring (bicyclic) bond motifs is 1. The van der Waals surface area contributed by atoms with E-state index < -0.39 is 48.0 Å². The van der Waals surface area contributed by atoms with E-state index in [1.54, 1.807) is 0 Å². The van der Waals surface area contributed by atoms with Gasteiger partial charge in [-0.1, -0.05) is 0 Å². The van der Waals surface area contributed by atoms with Crippen molar-refractivity contribution in [3.8, 4) is 0 Å². The summed E-state index contributed by atoms with van der Waals surface area (Å²) in [6, 6.07) is 0. The molecule has 3 unspecified atom stereocenters. The summed E-state index contributed by atoms with van der Waals surface area (Å²) in [4.78, 5) is 63.4. The van der Waals surface area contributed by atoms with Crippen molar-refractivity contribution in [3.05, 3.63) is 16.7 Å². The number of anilines is 1. The SMILES string of the molecule is Nc1nc2c(ncn2[C@H]2CC[C@@H](COP(=O)([O-])OP(=O)([O-])OP(=O)([O-])O)O2)c(=O)[nH]1.[Li+].[Li+].[Li+]. The van der Waals surface area contributed by atoms with E-state index in [1.807, 2.05) is 0 Å². The fourth-order valence-corrected chi connectivity index (χ4v) is 5.55. The van der Waals surface area contributed by atoms with Gasteiger partial charge in [-0.05, 0) is 12.8 Å². The molecule has 3 heterocycles. The fourth-order valence-electron chi connectivity index (χ4n) is 2.63. The van der Waals surface area contributed by atoms with Crippen molar-refractivity contribution in [2.75, 3.05) is 12.3 Å². The normalized spacial score (nSPS) is 23.3. The van der Waals surface area contributed by atoms with Crippen molar-refractivity contribution in [2.24, 2.45) is 0 Å². The van der Waals surface area contributed by atoms with E-state index in [0.717, 1.165) is 0 Å². The van der Waals surface area contributed by atoms with Gasteiger partial charge in [0.25, 0.3) is 29.0 Å². The van der Waals surface area contributed by atoms with Crippen molar-refractivity contribution in [1.82, 2.24) is 19.5 Å². The topological polar surface area (TPSA) is 267 Å². The van der Waals surface area contributed by atoms with Crippen LogP contribution in [0.25, 0.3) is 11.2 Å². The predicted octanol–water partition coefficient (Wildman–Crippen LogP) is -11.2.